The van der Waals surface area contributed by atoms with E-state index in [2.05, 4.69) is 5.32 Å². The molecule has 3 fully saturated rings. The average Bonchev–Trinajstić information content (AvgIpc) is 3.45. The lowest BCUT2D eigenvalue weighted by Crippen LogP contribution is -2.57. The summed E-state index contributed by atoms with van der Waals surface area (Å²) >= 11 is 0. The van der Waals surface area contributed by atoms with Crippen LogP contribution in [0.2, 0.25) is 0 Å². The van der Waals surface area contributed by atoms with E-state index >= 15 is 0 Å². The molecular formula is C19H24ClF2N3O2. The van der Waals surface area contributed by atoms with E-state index in [1.165, 1.54) is 6.07 Å². The van der Waals surface area contributed by atoms with Gasteiger partial charge in [0, 0.05) is 38.1 Å². The molecule has 2 amide bonds. The zero-order valence-electron chi connectivity index (χ0n) is 15.0. The van der Waals surface area contributed by atoms with Crippen molar-refractivity contribution in [1.82, 2.24) is 15.1 Å². The summed E-state index contributed by atoms with van der Waals surface area (Å²) in [7, 11) is 0. The first-order valence-electron chi connectivity index (χ1n) is 9.28. The SMILES string of the molecule is Cl.O=C(C1CC1c1ccc(F)c(F)c1)N1CCCC(N2CCNCC2=O)C1. The molecular weight excluding hydrogens is 376 g/mol. The van der Waals surface area contributed by atoms with Crippen LogP contribution >= 0.6 is 12.4 Å². The van der Waals surface area contributed by atoms with E-state index < -0.39 is 11.6 Å². The highest BCUT2D eigenvalue weighted by Gasteiger charge is 2.47. The van der Waals surface area contributed by atoms with Gasteiger partial charge in [0.15, 0.2) is 11.6 Å². The Morgan fingerprint density at radius 3 is 2.74 bits per heavy atom. The molecule has 1 N–H and O–H groups in total. The standard InChI is InChI=1S/C19H23F2N3O2.ClH/c20-16-4-3-12(8-17(16)21)14-9-15(14)19(26)23-6-1-2-13(11-23)24-7-5-22-10-18(24)25;/h3-4,8,13-15,22H,1-2,5-7,9-11H2;1H. The molecule has 0 radical (unpaired) electrons. The molecule has 0 aromatic heterocycles. The number of piperidine rings is 1. The van der Waals surface area contributed by atoms with Crippen molar-refractivity contribution < 1.29 is 18.4 Å². The number of halogens is 3. The number of benzene rings is 1. The van der Waals surface area contributed by atoms with Crippen molar-refractivity contribution in [1.29, 1.82) is 0 Å². The topological polar surface area (TPSA) is 52.7 Å². The third-order valence-corrected chi connectivity index (χ3v) is 5.75. The van der Waals surface area contributed by atoms with Gasteiger partial charge in [-0.05, 0) is 42.9 Å². The number of rotatable bonds is 3. The highest BCUT2D eigenvalue weighted by molar-refractivity contribution is 5.85. The number of hydrogen-bond donors (Lipinski definition) is 1. The lowest BCUT2D eigenvalue weighted by atomic mass is 10.0. The van der Waals surface area contributed by atoms with E-state index in [1.807, 2.05) is 9.80 Å². The number of piperazine rings is 1. The van der Waals surface area contributed by atoms with Crippen LogP contribution in [-0.2, 0) is 9.59 Å². The Morgan fingerprint density at radius 2 is 2.00 bits per heavy atom. The van der Waals surface area contributed by atoms with E-state index in [4.69, 9.17) is 0 Å². The van der Waals surface area contributed by atoms with Crippen molar-refractivity contribution in [3.8, 4) is 0 Å². The van der Waals surface area contributed by atoms with Gasteiger partial charge >= 0.3 is 0 Å². The van der Waals surface area contributed by atoms with Crippen LogP contribution in [-0.4, -0.2) is 60.4 Å². The van der Waals surface area contributed by atoms with E-state index in [0.29, 0.717) is 38.2 Å². The van der Waals surface area contributed by atoms with Gasteiger partial charge in [-0.1, -0.05) is 6.07 Å². The largest absolute Gasteiger partial charge is 0.340 e. The number of carbonyl (C=O) groups excluding carboxylic acids is 2. The third kappa shape index (κ3) is 4.09. The Bertz CT molecular complexity index is 733. The quantitative estimate of drug-likeness (QED) is 0.844. The van der Waals surface area contributed by atoms with Gasteiger partial charge in [-0.15, -0.1) is 12.4 Å². The number of likely N-dealkylation sites (tertiary alicyclic amines) is 1. The van der Waals surface area contributed by atoms with Crippen LogP contribution in [0.25, 0.3) is 0 Å². The minimum atomic E-state index is -0.865. The Labute approximate surface area is 163 Å². The fourth-order valence-corrected chi connectivity index (χ4v) is 4.23. The second-order valence-corrected chi connectivity index (χ2v) is 7.47. The highest BCUT2D eigenvalue weighted by atomic mass is 35.5. The molecule has 1 aromatic rings. The van der Waals surface area contributed by atoms with Gasteiger partial charge in [0.25, 0.3) is 0 Å². The molecule has 27 heavy (non-hydrogen) atoms. The molecule has 3 aliphatic rings. The summed E-state index contributed by atoms with van der Waals surface area (Å²) in [5.74, 6) is -1.74. The minimum Gasteiger partial charge on any atom is -0.340 e. The zero-order valence-corrected chi connectivity index (χ0v) is 15.8. The summed E-state index contributed by atoms with van der Waals surface area (Å²) in [5.41, 5.74) is 0.688. The molecule has 2 heterocycles. The lowest BCUT2D eigenvalue weighted by Gasteiger charge is -2.41. The van der Waals surface area contributed by atoms with Gasteiger partial charge in [0.1, 0.15) is 0 Å². The van der Waals surface area contributed by atoms with Gasteiger partial charge in [-0.2, -0.15) is 0 Å². The van der Waals surface area contributed by atoms with E-state index in [0.717, 1.165) is 25.5 Å². The molecule has 3 atom stereocenters. The summed E-state index contributed by atoms with van der Waals surface area (Å²) in [6, 6.07) is 3.97. The summed E-state index contributed by atoms with van der Waals surface area (Å²) in [6.45, 7) is 3.12. The summed E-state index contributed by atoms with van der Waals surface area (Å²) in [6.07, 6.45) is 2.49. The molecule has 148 valence electrons. The molecule has 0 bridgehead atoms. The molecule has 4 rings (SSSR count). The maximum Gasteiger partial charge on any atom is 0.236 e. The fourth-order valence-electron chi connectivity index (χ4n) is 4.23. The fraction of sp³-hybridized carbons (Fsp3) is 0.579. The Balaban J connectivity index is 0.00000210. The molecule has 5 nitrogen and oxygen atoms in total. The molecule has 1 saturated carbocycles. The van der Waals surface area contributed by atoms with Crippen molar-refractivity contribution in [2.75, 3.05) is 32.7 Å². The smallest absolute Gasteiger partial charge is 0.236 e. The van der Waals surface area contributed by atoms with E-state index in [9.17, 15) is 18.4 Å². The van der Waals surface area contributed by atoms with Gasteiger partial charge in [-0.25, -0.2) is 8.78 Å². The van der Waals surface area contributed by atoms with Gasteiger partial charge in [-0.3, -0.25) is 9.59 Å². The zero-order chi connectivity index (χ0) is 18.3. The number of hydrogen-bond acceptors (Lipinski definition) is 3. The summed E-state index contributed by atoms with van der Waals surface area (Å²) in [4.78, 5) is 28.7. The van der Waals surface area contributed by atoms with Crippen molar-refractivity contribution >= 4 is 24.2 Å². The highest BCUT2D eigenvalue weighted by Crippen LogP contribution is 2.49. The van der Waals surface area contributed by atoms with Gasteiger partial charge in [0.2, 0.25) is 11.8 Å². The van der Waals surface area contributed by atoms with Crippen LogP contribution in [0.5, 0.6) is 0 Å². The van der Waals surface area contributed by atoms with Crippen LogP contribution < -0.4 is 5.32 Å². The lowest BCUT2D eigenvalue weighted by molar-refractivity contribution is -0.141. The van der Waals surface area contributed by atoms with Crippen molar-refractivity contribution in [2.24, 2.45) is 5.92 Å². The normalized spacial score (nSPS) is 27.9. The van der Waals surface area contributed by atoms with Crippen LogP contribution in [0.15, 0.2) is 18.2 Å². The number of nitrogens with one attached hydrogen (secondary N) is 1. The minimum absolute atomic E-state index is 0. The monoisotopic (exact) mass is 399 g/mol. The predicted octanol–water partition coefficient (Wildman–Crippen LogP) is 1.91. The van der Waals surface area contributed by atoms with Crippen molar-refractivity contribution in [2.45, 2.75) is 31.2 Å². The Morgan fingerprint density at radius 1 is 1.19 bits per heavy atom. The van der Waals surface area contributed by atoms with Crippen LogP contribution in [0.4, 0.5) is 8.78 Å². The molecule has 0 spiro atoms. The second kappa shape index (κ2) is 8.10. The maximum absolute atomic E-state index is 13.4. The van der Waals surface area contributed by atoms with Crippen LogP contribution in [0.3, 0.4) is 0 Å². The first kappa shape index (κ1) is 20.0. The van der Waals surface area contributed by atoms with E-state index in [-0.39, 0.29) is 42.1 Å². The number of carbonyl (C=O) groups is 2. The average molecular weight is 400 g/mol. The molecule has 3 unspecified atom stereocenters. The van der Waals surface area contributed by atoms with E-state index in [1.54, 1.807) is 6.07 Å². The van der Waals surface area contributed by atoms with Gasteiger partial charge in [0.05, 0.1) is 6.54 Å². The van der Waals surface area contributed by atoms with Crippen LogP contribution in [0, 0.1) is 17.6 Å². The molecule has 1 aromatic carbocycles. The van der Waals surface area contributed by atoms with Crippen molar-refractivity contribution in [3.63, 3.8) is 0 Å². The maximum atomic E-state index is 13.4. The number of nitrogens with zero attached hydrogens (tertiary/aromatic N) is 2. The molecule has 8 heteroatoms. The van der Waals surface area contributed by atoms with Crippen LogP contribution in [0.1, 0.15) is 30.7 Å². The molecule has 1 aliphatic carbocycles. The Hall–Kier alpha value is -1.73. The molecule has 2 aliphatic heterocycles. The summed E-state index contributed by atoms with van der Waals surface area (Å²) in [5, 5.41) is 3.07. The molecule has 2 saturated heterocycles. The third-order valence-electron chi connectivity index (χ3n) is 5.75. The Kier molecular flexibility index (Phi) is 6.01. The predicted molar refractivity (Wildman–Crippen MR) is 98.6 cm³/mol. The van der Waals surface area contributed by atoms with Gasteiger partial charge < -0.3 is 15.1 Å². The first-order chi connectivity index (χ1) is 12.5. The second-order valence-electron chi connectivity index (χ2n) is 7.47. The summed E-state index contributed by atoms with van der Waals surface area (Å²) < 4.78 is 26.5. The first-order valence-corrected chi connectivity index (χ1v) is 9.28. The van der Waals surface area contributed by atoms with Crippen molar-refractivity contribution in [3.05, 3.63) is 35.4 Å². The number of amides is 2.